The SMILES string of the molecule is CCCCC/C=C\C/C=C\CCCCCCCC(=O)OC(COC(=O)CCCCCCCCCCC/C=C\C/C=C\CCCCCCC)COC(=O)CCCCCCCCCCCCCCC. The summed E-state index contributed by atoms with van der Waals surface area (Å²) in [7, 11) is 0. The van der Waals surface area contributed by atoms with Crippen LogP contribution in [0.4, 0.5) is 0 Å². The molecular weight excluding hydrogens is 829 g/mol. The van der Waals surface area contributed by atoms with Crippen molar-refractivity contribution in [1.82, 2.24) is 0 Å². The van der Waals surface area contributed by atoms with Crippen LogP contribution in [-0.4, -0.2) is 37.2 Å². The molecule has 390 valence electrons. The van der Waals surface area contributed by atoms with Crippen LogP contribution in [0, 0.1) is 0 Å². The van der Waals surface area contributed by atoms with Crippen LogP contribution in [0.3, 0.4) is 0 Å². The Bertz CT molecular complexity index is 1170. The molecule has 0 aliphatic heterocycles. The van der Waals surface area contributed by atoms with Crippen LogP contribution in [0.1, 0.15) is 303 Å². The van der Waals surface area contributed by atoms with E-state index in [9.17, 15) is 14.4 Å². The van der Waals surface area contributed by atoms with E-state index in [-0.39, 0.29) is 31.1 Å². The third-order valence-corrected chi connectivity index (χ3v) is 12.8. The molecule has 1 atom stereocenters. The van der Waals surface area contributed by atoms with Crippen LogP contribution in [0.2, 0.25) is 0 Å². The number of carbonyl (C=O) groups excluding carboxylic acids is 3. The molecule has 0 fully saturated rings. The maximum atomic E-state index is 12.8. The number of hydrogen-bond acceptors (Lipinski definition) is 6. The molecule has 0 aliphatic rings. The number of allylic oxidation sites excluding steroid dienone is 8. The Kier molecular flexibility index (Phi) is 53.8. The molecular formula is C61H110O6. The number of unbranched alkanes of at least 4 members (excludes halogenated alkanes) is 34. The molecule has 0 radical (unpaired) electrons. The average Bonchev–Trinajstić information content (AvgIpc) is 3.33. The fourth-order valence-corrected chi connectivity index (χ4v) is 8.39. The molecule has 1 unspecified atom stereocenters. The van der Waals surface area contributed by atoms with Gasteiger partial charge in [-0.15, -0.1) is 0 Å². The van der Waals surface area contributed by atoms with Gasteiger partial charge in [0.25, 0.3) is 0 Å². The standard InChI is InChI=1S/C61H110O6/c1-4-7-10-13-16-19-22-25-27-28-29-30-31-32-34-36-39-42-45-48-51-54-60(63)66-57-58(56-65-59(62)53-50-47-44-41-38-35-24-21-18-15-12-9-6-3)67-61(64)55-52-49-46-43-40-37-33-26-23-20-17-14-11-8-5-2/h17,20,22,25-26,28-29,33,58H,4-16,18-19,21,23-24,27,30-32,34-57H2,1-3H3/b20-17-,25-22-,29-28-,33-26-. The topological polar surface area (TPSA) is 78.9 Å². The Balaban J connectivity index is 4.33. The molecule has 0 spiro atoms. The van der Waals surface area contributed by atoms with Gasteiger partial charge in [-0.05, 0) is 83.5 Å². The first-order valence-corrected chi connectivity index (χ1v) is 29.1. The molecule has 0 bridgehead atoms. The lowest BCUT2D eigenvalue weighted by Crippen LogP contribution is -2.30. The highest BCUT2D eigenvalue weighted by molar-refractivity contribution is 5.71. The van der Waals surface area contributed by atoms with Crippen molar-refractivity contribution in [3.8, 4) is 0 Å². The van der Waals surface area contributed by atoms with E-state index in [0.29, 0.717) is 19.3 Å². The Morgan fingerprint density at radius 3 is 0.851 bits per heavy atom. The molecule has 6 heteroatoms. The minimum Gasteiger partial charge on any atom is -0.462 e. The summed E-state index contributed by atoms with van der Waals surface area (Å²) in [4.78, 5) is 38.1. The lowest BCUT2D eigenvalue weighted by atomic mass is 10.0. The van der Waals surface area contributed by atoms with Gasteiger partial charge in [0.1, 0.15) is 13.2 Å². The Morgan fingerprint density at radius 1 is 0.299 bits per heavy atom. The van der Waals surface area contributed by atoms with Gasteiger partial charge >= 0.3 is 17.9 Å². The second-order valence-electron chi connectivity index (χ2n) is 19.6. The average molecular weight is 940 g/mol. The Hall–Kier alpha value is -2.63. The quantitative estimate of drug-likeness (QED) is 0.0262. The molecule has 67 heavy (non-hydrogen) atoms. The number of ether oxygens (including phenoxy) is 3. The summed E-state index contributed by atoms with van der Waals surface area (Å²) in [5.74, 6) is -0.882. The molecule has 0 aromatic heterocycles. The second-order valence-corrected chi connectivity index (χ2v) is 19.6. The van der Waals surface area contributed by atoms with E-state index in [4.69, 9.17) is 14.2 Å². The maximum Gasteiger partial charge on any atom is 0.306 e. The van der Waals surface area contributed by atoms with Crippen molar-refractivity contribution in [2.24, 2.45) is 0 Å². The van der Waals surface area contributed by atoms with E-state index in [1.54, 1.807) is 0 Å². The van der Waals surface area contributed by atoms with Crippen molar-refractivity contribution in [2.75, 3.05) is 13.2 Å². The summed E-state index contributed by atoms with van der Waals surface area (Å²) in [6.07, 6.45) is 68.1. The normalized spacial score (nSPS) is 12.3. The van der Waals surface area contributed by atoms with Gasteiger partial charge < -0.3 is 14.2 Å². The van der Waals surface area contributed by atoms with Crippen molar-refractivity contribution < 1.29 is 28.6 Å². The van der Waals surface area contributed by atoms with Crippen LogP contribution in [0.25, 0.3) is 0 Å². The monoisotopic (exact) mass is 939 g/mol. The van der Waals surface area contributed by atoms with E-state index < -0.39 is 6.10 Å². The van der Waals surface area contributed by atoms with Crippen LogP contribution in [0.15, 0.2) is 48.6 Å². The van der Waals surface area contributed by atoms with E-state index >= 15 is 0 Å². The molecule has 0 saturated heterocycles. The number of esters is 3. The van der Waals surface area contributed by atoms with Gasteiger partial charge in [-0.2, -0.15) is 0 Å². The van der Waals surface area contributed by atoms with Crippen LogP contribution < -0.4 is 0 Å². The fraction of sp³-hybridized carbons (Fsp3) is 0.820. The fourth-order valence-electron chi connectivity index (χ4n) is 8.39. The maximum absolute atomic E-state index is 12.8. The molecule has 0 aromatic carbocycles. The molecule has 0 aromatic rings. The minimum atomic E-state index is -0.780. The van der Waals surface area contributed by atoms with Gasteiger partial charge in [0.05, 0.1) is 0 Å². The summed E-state index contributed by atoms with van der Waals surface area (Å²) in [5.41, 5.74) is 0. The summed E-state index contributed by atoms with van der Waals surface area (Å²) < 4.78 is 16.9. The van der Waals surface area contributed by atoms with E-state index in [1.165, 1.54) is 173 Å². The summed E-state index contributed by atoms with van der Waals surface area (Å²) in [5, 5.41) is 0. The zero-order valence-corrected chi connectivity index (χ0v) is 44.7. The summed E-state index contributed by atoms with van der Waals surface area (Å²) >= 11 is 0. The van der Waals surface area contributed by atoms with Crippen LogP contribution in [-0.2, 0) is 28.6 Å². The zero-order chi connectivity index (χ0) is 48.6. The third kappa shape index (κ3) is 54.2. The van der Waals surface area contributed by atoms with Gasteiger partial charge in [0.2, 0.25) is 0 Å². The highest BCUT2D eigenvalue weighted by atomic mass is 16.6. The van der Waals surface area contributed by atoms with Crippen molar-refractivity contribution in [2.45, 2.75) is 309 Å². The highest BCUT2D eigenvalue weighted by Crippen LogP contribution is 2.16. The largest absolute Gasteiger partial charge is 0.462 e. The summed E-state index contributed by atoms with van der Waals surface area (Å²) in [6.45, 7) is 6.62. The minimum absolute atomic E-state index is 0.0773. The molecule has 0 saturated carbocycles. The number of hydrogen-bond donors (Lipinski definition) is 0. The van der Waals surface area contributed by atoms with Crippen molar-refractivity contribution in [3.05, 3.63) is 48.6 Å². The number of rotatable bonds is 53. The molecule has 6 nitrogen and oxygen atoms in total. The van der Waals surface area contributed by atoms with Crippen LogP contribution >= 0.6 is 0 Å². The van der Waals surface area contributed by atoms with Crippen molar-refractivity contribution in [1.29, 1.82) is 0 Å². The summed E-state index contributed by atoms with van der Waals surface area (Å²) in [6, 6.07) is 0. The molecule has 0 rings (SSSR count). The zero-order valence-electron chi connectivity index (χ0n) is 44.7. The van der Waals surface area contributed by atoms with Gasteiger partial charge in [-0.1, -0.05) is 249 Å². The van der Waals surface area contributed by atoms with Gasteiger partial charge in [0.15, 0.2) is 6.10 Å². The lowest BCUT2D eigenvalue weighted by molar-refractivity contribution is -0.167. The Labute approximate surface area is 416 Å². The number of carbonyl (C=O) groups is 3. The van der Waals surface area contributed by atoms with Gasteiger partial charge in [-0.3, -0.25) is 14.4 Å². The van der Waals surface area contributed by atoms with Gasteiger partial charge in [0, 0.05) is 19.3 Å². The molecule has 0 amide bonds. The van der Waals surface area contributed by atoms with Crippen molar-refractivity contribution in [3.63, 3.8) is 0 Å². The first-order chi connectivity index (χ1) is 33.0. The van der Waals surface area contributed by atoms with Crippen LogP contribution in [0.5, 0.6) is 0 Å². The predicted molar refractivity (Wildman–Crippen MR) is 289 cm³/mol. The molecule has 0 heterocycles. The highest BCUT2D eigenvalue weighted by Gasteiger charge is 2.19. The van der Waals surface area contributed by atoms with E-state index in [1.807, 2.05) is 0 Å². The first kappa shape index (κ1) is 64.4. The smallest absolute Gasteiger partial charge is 0.306 e. The third-order valence-electron chi connectivity index (χ3n) is 12.8. The predicted octanol–water partition coefficient (Wildman–Crippen LogP) is 19.4. The second kappa shape index (κ2) is 56.0. The van der Waals surface area contributed by atoms with E-state index in [0.717, 1.165) is 89.9 Å². The van der Waals surface area contributed by atoms with Gasteiger partial charge in [-0.25, -0.2) is 0 Å². The first-order valence-electron chi connectivity index (χ1n) is 29.1. The van der Waals surface area contributed by atoms with Crippen molar-refractivity contribution >= 4 is 17.9 Å². The molecule has 0 N–H and O–H groups in total. The van der Waals surface area contributed by atoms with E-state index in [2.05, 4.69) is 69.4 Å². The molecule has 0 aliphatic carbocycles. The lowest BCUT2D eigenvalue weighted by Gasteiger charge is -2.18. The Morgan fingerprint density at radius 2 is 0.537 bits per heavy atom.